The molecule has 2 aliphatic heterocycles. The van der Waals surface area contributed by atoms with Crippen molar-refractivity contribution in [2.24, 2.45) is 5.92 Å². The molecule has 0 unspecified atom stereocenters. The third-order valence-electron chi connectivity index (χ3n) is 3.68. The highest BCUT2D eigenvalue weighted by atomic mass is 16.5. The Bertz CT molecular complexity index is 292. The van der Waals surface area contributed by atoms with Crippen molar-refractivity contribution in [3.8, 4) is 0 Å². The van der Waals surface area contributed by atoms with Crippen molar-refractivity contribution in [3.63, 3.8) is 0 Å². The van der Waals surface area contributed by atoms with E-state index in [1.807, 2.05) is 9.80 Å². The van der Waals surface area contributed by atoms with E-state index in [1.165, 1.54) is 7.11 Å². The molecule has 0 aliphatic carbocycles. The van der Waals surface area contributed by atoms with Crippen LogP contribution in [0.5, 0.6) is 0 Å². The minimum atomic E-state index is -0.140. The van der Waals surface area contributed by atoms with Gasteiger partial charge in [0.15, 0.2) is 0 Å². The normalized spacial score (nSPS) is 21.7. The Kier molecular flexibility index (Phi) is 3.86. The lowest BCUT2D eigenvalue weighted by atomic mass is 9.97. The molecule has 0 radical (unpaired) electrons. The number of ether oxygens (including phenoxy) is 1. The van der Waals surface area contributed by atoms with Gasteiger partial charge in [-0.25, -0.2) is 4.79 Å². The van der Waals surface area contributed by atoms with Gasteiger partial charge in [-0.15, -0.1) is 0 Å². The molecule has 5 heteroatoms. The Morgan fingerprint density at radius 2 is 1.53 bits per heavy atom. The number of amides is 2. The van der Waals surface area contributed by atoms with E-state index < -0.39 is 0 Å². The highest BCUT2D eigenvalue weighted by Gasteiger charge is 2.30. The van der Waals surface area contributed by atoms with Gasteiger partial charge in [0.25, 0.3) is 0 Å². The fourth-order valence-corrected chi connectivity index (χ4v) is 2.58. The van der Waals surface area contributed by atoms with Crippen LogP contribution in [0.1, 0.15) is 25.7 Å². The zero-order chi connectivity index (χ0) is 12.3. The summed E-state index contributed by atoms with van der Waals surface area (Å²) in [7, 11) is 1.42. The molecular weight excluding hydrogens is 220 g/mol. The van der Waals surface area contributed by atoms with Crippen LogP contribution in [-0.2, 0) is 9.53 Å². The number of piperidine rings is 1. The zero-order valence-corrected chi connectivity index (χ0v) is 10.4. The molecule has 0 bridgehead atoms. The number of likely N-dealkylation sites (tertiary alicyclic amines) is 2. The van der Waals surface area contributed by atoms with Crippen molar-refractivity contribution in [1.82, 2.24) is 9.80 Å². The maximum absolute atomic E-state index is 12.1. The molecule has 2 amide bonds. The molecule has 2 rings (SSSR count). The first-order valence-electron chi connectivity index (χ1n) is 6.34. The van der Waals surface area contributed by atoms with E-state index >= 15 is 0 Å². The van der Waals surface area contributed by atoms with E-state index in [2.05, 4.69) is 0 Å². The van der Waals surface area contributed by atoms with E-state index in [0.717, 1.165) is 38.8 Å². The molecule has 2 aliphatic rings. The minimum absolute atomic E-state index is 0.0253. The van der Waals surface area contributed by atoms with Gasteiger partial charge in [-0.3, -0.25) is 4.79 Å². The third-order valence-corrected chi connectivity index (χ3v) is 3.68. The number of rotatable bonds is 1. The van der Waals surface area contributed by atoms with E-state index in [4.69, 9.17) is 4.74 Å². The smallest absolute Gasteiger partial charge is 0.319 e. The number of hydrogen-bond donors (Lipinski definition) is 0. The number of carbonyl (C=O) groups is 2. The Balaban J connectivity index is 1.82. The topological polar surface area (TPSA) is 49.9 Å². The highest BCUT2D eigenvalue weighted by molar-refractivity contribution is 5.76. The summed E-state index contributed by atoms with van der Waals surface area (Å²) in [6.07, 6.45) is 3.69. The second-order valence-electron chi connectivity index (χ2n) is 4.76. The first kappa shape index (κ1) is 12.2. The van der Waals surface area contributed by atoms with Crippen molar-refractivity contribution < 1.29 is 14.3 Å². The average molecular weight is 240 g/mol. The molecular formula is C12H20N2O3. The van der Waals surface area contributed by atoms with Crippen LogP contribution in [0.2, 0.25) is 0 Å². The second kappa shape index (κ2) is 5.38. The Morgan fingerprint density at radius 1 is 1.00 bits per heavy atom. The molecule has 5 nitrogen and oxygen atoms in total. The van der Waals surface area contributed by atoms with E-state index in [-0.39, 0.29) is 17.9 Å². The molecule has 0 spiro atoms. The van der Waals surface area contributed by atoms with Crippen molar-refractivity contribution in [2.75, 3.05) is 33.3 Å². The second-order valence-corrected chi connectivity index (χ2v) is 4.76. The largest absolute Gasteiger partial charge is 0.469 e. The number of methoxy groups -OCH3 is 1. The third kappa shape index (κ3) is 2.70. The van der Waals surface area contributed by atoms with E-state index in [9.17, 15) is 9.59 Å². The molecule has 0 aromatic carbocycles. The van der Waals surface area contributed by atoms with Crippen LogP contribution in [0.25, 0.3) is 0 Å². The van der Waals surface area contributed by atoms with Gasteiger partial charge in [-0.1, -0.05) is 0 Å². The lowest BCUT2D eigenvalue weighted by Gasteiger charge is -2.33. The number of urea groups is 1. The SMILES string of the molecule is COC(=O)C1CCN(C(=O)N2CCCC2)CC1. The van der Waals surface area contributed by atoms with Crippen LogP contribution in [0.4, 0.5) is 4.79 Å². The van der Waals surface area contributed by atoms with Crippen LogP contribution >= 0.6 is 0 Å². The summed E-state index contributed by atoms with van der Waals surface area (Å²) in [5.74, 6) is -0.166. The van der Waals surface area contributed by atoms with Gasteiger partial charge in [-0.2, -0.15) is 0 Å². The number of hydrogen-bond acceptors (Lipinski definition) is 3. The highest BCUT2D eigenvalue weighted by Crippen LogP contribution is 2.20. The first-order chi connectivity index (χ1) is 8.22. The number of nitrogens with zero attached hydrogens (tertiary/aromatic N) is 2. The number of carbonyl (C=O) groups excluding carboxylic acids is 2. The standard InChI is InChI=1S/C12H20N2O3/c1-17-11(15)10-4-8-14(9-5-10)12(16)13-6-2-3-7-13/h10H,2-9H2,1H3. The fraction of sp³-hybridized carbons (Fsp3) is 0.833. The van der Waals surface area contributed by atoms with Crippen molar-refractivity contribution >= 4 is 12.0 Å². The van der Waals surface area contributed by atoms with Crippen molar-refractivity contribution in [3.05, 3.63) is 0 Å². The molecule has 2 heterocycles. The lowest BCUT2D eigenvalue weighted by molar-refractivity contribution is -0.146. The lowest BCUT2D eigenvalue weighted by Crippen LogP contribution is -2.46. The van der Waals surface area contributed by atoms with Gasteiger partial charge in [0.2, 0.25) is 0 Å². The van der Waals surface area contributed by atoms with Crippen LogP contribution in [0, 0.1) is 5.92 Å². The molecule has 0 saturated carbocycles. The molecule has 0 atom stereocenters. The maximum atomic E-state index is 12.1. The number of esters is 1. The predicted octanol–water partition coefficient (Wildman–Crippen LogP) is 1.09. The van der Waals surface area contributed by atoms with Crippen LogP contribution < -0.4 is 0 Å². The van der Waals surface area contributed by atoms with Crippen molar-refractivity contribution in [1.29, 1.82) is 0 Å². The van der Waals surface area contributed by atoms with Gasteiger partial charge in [0.1, 0.15) is 0 Å². The molecule has 2 fully saturated rings. The van der Waals surface area contributed by atoms with E-state index in [1.54, 1.807) is 0 Å². The van der Waals surface area contributed by atoms with Gasteiger partial charge >= 0.3 is 12.0 Å². The summed E-state index contributed by atoms with van der Waals surface area (Å²) in [6, 6.07) is 0.144. The molecule has 96 valence electrons. The van der Waals surface area contributed by atoms with Gasteiger partial charge in [0, 0.05) is 26.2 Å². The van der Waals surface area contributed by atoms with Crippen molar-refractivity contribution in [2.45, 2.75) is 25.7 Å². The predicted molar refractivity (Wildman–Crippen MR) is 62.5 cm³/mol. The monoisotopic (exact) mass is 240 g/mol. The molecule has 0 aromatic rings. The summed E-state index contributed by atoms with van der Waals surface area (Å²) in [6.45, 7) is 3.12. The Hall–Kier alpha value is -1.26. The Morgan fingerprint density at radius 3 is 2.06 bits per heavy atom. The molecule has 2 saturated heterocycles. The molecule has 0 aromatic heterocycles. The van der Waals surface area contributed by atoms with Gasteiger partial charge in [-0.05, 0) is 25.7 Å². The fourth-order valence-electron chi connectivity index (χ4n) is 2.58. The Labute approximate surface area is 102 Å². The maximum Gasteiger partial charge on any atom is 0.319 e. The van der Waals surface area contributed by atoms with Crippen LogP contribution in [0.15, 0.2) is 0 Å². The zero-order valence-electron chi connectivity index (χ0n) is 10.4. The summed E-state index contributed by atoms with van der Waals surface area (Å²) in [5.41, 5.74) is 0. The van der Waals surface area contributed by atoms with Gasteiger partial charge in [0.05, 0.1) is 13.0 Å². The molecule has 17 heavy (non-hydrogen) atoms. The van der Waals surface area contributed by atoms with Gasteiger partial charge < -0.3 is 14.5 Å². The summed E-state index contributed by atoms with van der Waals surface area (Å²) < 4.78 is 4.73. The first-order valence-corrected chi connectivity index (χ1v) is 6.34. The molecule has 0 N–H and O–H groups in total. The average Bonchev–Trinajstić information content (AvgIpc) is 2.91. The van der Waals surface area contributed by atoms with Crippen LogP contribution in [-0.4, -0.2) is 55.1 Å². The summed E-state index contributed by atoms with van der Waals surface area (Å²) in [5, 5.41) is 0. The van der Waals surface area contributed by atoms with E-state index in [0.29, 0.717) is 13.1 Å². The quantitative estimate of drug-likeness (QED) is 0.645. The summed E-state index contributed by atoms with van der Waals surface area (Å²) >= 11 is 0. The minimum Gasteiger partial charge on any atom is -0.469 e. The van der Waals surface area contributed by atoms with Crippen LogP contribution in [0.3, 0.4) is 0 Å². The summed E-state index contributed by atoms with van der Waals surface area (Å²) in [4.78, 5) is 27.2.